The van der Waals surface area contributed by atoms with Crippen LogP contribution >= 0.6 is 0 Å². The minimum atomic E-state index is -0.651. The summed E-state index contributed by atoms with van der Waals surface area (Å²) in [6.07, 6.45) is 6.91. The van der Waals surface area contributed by atoms with Crippen LogP contribution in [0.2, 0.25) is 0 Å². The number of fused-ring (bicyclic) bond motifs is 1. The van der Waals surface area contributed by atoms with E-state index in [2.05, 4.69) is 0 Å². The number of hydrogen-bond acceptors (Lipinski definition) is 4. The summed E-state index contributed by atoms with van der Waals surface area (Å²) in [4.78, 5) is 26.6. The zero-order chi connectivity index (χ0) is 17.1. The highest BCUT2D eigenvalue weighted by atomic mass is 16.5. The first-order valence-corrected chi connectivity index (χ1v) is 8.83. The molecular weight excluding hydrogens is 306 g/mol. The van der Waals surface area contributed by atoms with Crippen molar-refractivity contribution in [1.29, 1.82) is 0 Å². The van der Waals surface area contributed by atoms with Gasteiger partial charge in [0.1, 0.15) is 11.3 Å². The first-order valence-electron chi connectivity index (χ1n) is 8.83. The van der Waals surface area contributed by atoms with Gasteiger partial charge in [0.15, 0.2) is 6.61 Å². The van der Waals surface area contributed by atoms with Gasteiger partial charge in [-0.05, 0) is 50.2 Å². The van der Waals surface area contributed by atoms with Crippen LogP contribution < -0.4 is 0 Å². The van der Waals surface area contributed by atoms with Crippen LogP contribution in [0.25, 0.3) is 0 Å². The van der Waals surface area contributed by atoms with Gasteiger partial charge in [0.25, 0.3) is 5.91 Å². The van der Waals surface area contributed by atoms with Crippen molar-refractivity contribution in [3.05, 3.63) is 29.3 Å². The van der Waals surface area contributed by atoms with Crippen LogP contribution in [0.15, 0.2) is 18.2 Å². The second-order valence-electron chi connectivity index (χ2n) is 6.89. The molecule has 130 valence electrons. The van der Waals surface area contributed by atoms with Crippen molar-refractivity contribution in [2.45, 2.75) is 51.5 Å². The fourth-order valence-corrected chi connectivity index (χ4v) is 4.05. The largest absolute Gasteiger partial charge is 0.507 e. The van der Waals surface area contributed by atoms with E-state index in [1.165, 1.54) is 31.7 Å². The third-order valence-electron chi connectivity index (χ3n) is 5.35. The fraction of sp³-hybridized carbons (Fsp3) is 0.579. The highest BCUT2D eigenvalue weighted by Crippen LogP contribution is 2.35. The summed E-state index contributed by atoms with van der Waals surface area (Å²) in [6.45, 7) is 2.22. The van der Waals surface area contributed by atoms with Gasteiger partial charge in [0.05, 0.1) is 0 Å². The quantitative estimate of drug-likeness (QED) is 0.865. The number of hydrogen-bond donors (Lipinski definition) is 1. The Bertz CT molecular complexity index is 626. The Morgan fingerprint density at radius 2 is 1.96 bits per heavy atom. The average Bonchev–Trinajstić information content (AvgIpc) is 2.61. The molecule has 2 fully saturated rings. The summed E-state index contributed by atoms with van der Waals surface area (Å²) in [5.74, 6) is -0.248. The van der Waals surface area contributed by atoms with Crippen LogP contribution in [0.1, 0.15) is 54.4 Å². The molecule has 1 N–H and O–H groups in total. The smallest absolute Gasteiger partial charge is 0.342 e. The first-order chi connectivity index (χ1) is 11.6. The van der Waals surface area contributed by atoms with Crippen LogP contribution in [0.4, 0.5) is 0 Å². The topological polar surface area (TPSA) is 66.8 Å². The SMILES string of the molecule is Cc1cccc(C(=O)OCC(=O)N2CCC[C@H]3CCCC[C@H]32)c1O. The summed E-state index contributed by atoms with van der Waals surface area (Å²) in [5, 5.41) is 9.94. The molecule has 1 aliphatic carbocycles. The number of benzene rings is 1. The highest BCUT2D eigenvalue weighted by molar-refractivity contribution is 5.94. The van der Waals surface area contributed by atoms with Crippen LogP contribution in [-0.2, 0) is 9.53 Å². The Kier molecular flexibility index (Phi) is 5.07. The summed E-state index contributed by atoms with van der Waals surface area (Å²) in [6, 6.07) is 5.22. The number of esters is 1. The van der Waals surface area contributed by atoms with Gasteiger partial charge < -0.3 is 14.7 Å². The van der Waals surface area contributed by atoms with Gasteiger partial charge in [-0.1, -0.05) is 25.0 Å². The summed E-state index contributed by atoms with van der Waals surface area (Å²) in [5.41, 5.74) is 0.717. The molecule has 1 heterocycles. The van der Waals surface area contributed by atoms with Crippen molar-refractivity contribution >= 4 is 11.9 Å². The van der Waals surface area contributed by atoms with Gasteiger partial charge >= 0.3 is 5.97 Å². The Morgan fingerprint density at radius 1 is 1.21 bits per heavy atom. The van der Waals surface area contributed by atoms with Crippen molar-refractivity contribution in [3.8, 4) is 5.75 Å². The molecule has 0 spiro atoms. The van der Waals surface area contributed by atoms with Crippen molar-refractivity contribution in [3.63, 3.8) is 0 Å². The van der Waals surface area contributed by atoms with E-state index in [9.17, 15) is 14.7 Å². The van der Waals surface area contributed by atoms with Crippen LogP contribution in [0, 0.1) is 12.8 Å². The van der Waals surface area contributed by atoms with E-state index in [-0.39, 0.29) is 23.8 Å². The number of carbonyl (C=O) groups excluding carboxylic acids is 2. The second kappa shape index (κ2) is 7.24. The Morgan fingerprint density at radius 3 is 2.79 bits per heavy atom. The molecule has 1 aliphatic heterocycles. The third kappa shape index (κ3) is 3.40. The molecule has 0 aromatic heterocycles. The molecule has 5 nitrogen and oxygen atoms in total. The monoisotopic (exact) mass is 331 g/mol. The van der Waals surface area contributed by atoms with Gasteiger partial charge in [0.2, 0.25) is 0 Å². The molecule has 24 heavy (non-hydrogen) atoms. The fourth-order valence-electron chi connectivity index (χ4n) is 4.05. The number of carbonyl (C=O) groups is 2. The van der Waals surface area contributed by atoms with E-state index < -0.39 is 5.97 Å². The number of phenols is 1. The number of rotatable bonds is 3. The van der Waals surface area contributed by atoms with Crippen molar-refractivity contribution < 1.29 is 19.4 Å². The average molecular weight is 331 g/mol. The standard InChI is InChI=1S/C19H25NO4/c1-13-6-4-9-15(18(13)22)19(23)24-12-17(21)20-11-5-8-14-7-2-3-10-16(14)20/h4,6,9,14,16,22H,2-3,5,7-8,10-12H2,1H3/t14-,16-/m1/s1. The molecular formula is C19H25NO4. The number of aromatic hydroxyl groups is 1. The molecule has 1 amide bonds. The minimum absolute atomic E-state index is 0.0831. The summed E-state index contributed by atoms with van der Waals surface area (Å²) >= 11 is 0. The Labute approximate surface area is 142 Å². The number of piperidine rings is 1. The molecule has 1 aromatic rings. The minimum Gasteiger partial charge on any atom is -0.507 e. The van der Waals surface area contributed by atoms with E-state index in [1.54, 1.807) is 19.1 Å². The third-order valence-corrected chi connectivity index (χ3v) is 5.35. The zero-order valence-corrected chi connectivity index (χ0v) is 14.2. The molecule has 5 heteroatoms. The molecule has 0 bridgehead atoms. The molecule has 3 rings (SSSR count). The number of phenolic OH excluding ortho intramolecular Hbond substituents is 1. The normalized spacial score (nSPS) is 23.5. The second-order valence-corrected chi connectivity index (χ2v) is 6.89. The number of nitrogens with zero attached hydrogens (tertiary/aromatic N) is 1. The predicted molar refractivity (Wildman–Crippen MR) is 89.8 cm³/mol. The molecule has 1 saturated carbocycles. The maximum absolute atomic E-state index is 12.5. The lowest BCUT2D eigenvalue weighted by molar-refractivity contribution is -0.140. The maximum Gasteiger partial charge on any atom is 0.342 e. The summed E-state index contributed by atoms with van der Waals surface area (Å²) < 4.78 is 5.17. The maximum atomic E-state index is 12.5. The van der Waals surface area contributed by atoms with Crippen LogP contribution in [0.5, 0.6) is 5.75 Å². The van der Waals surface area contributed by atoms with Crippen LogP contribution in [0.3, 0.4) is 0 Å². The van der Waals surface area contributed by atoms with E-state index in [0.29, 0.717) is 17.5 Å². The van der Waals surface area contributed by atoms with Crippen LogP contribution in [-0.4, -0.2) is 41.1 Å². The lowest BCUT2D eigenvalue weighted by Gasteiger charge is -2.44. The van der Waals surface area contributed by atoms with E-state index in [1.807, 2.05) is 4.90 Å². The number of likely N-dealkylation sites (tertiary alicyclic amines) is 1. The number of para-hydroxylation sites is 1. The van der Waals surface area contributed by atoms with E-state index in [4.69, 9.17) is 4.74 Å². The van der Waals surface area contributed by atoms with Gasteiger partial charge in [-0.15, -0.1) is 0 Å². The molecule has 1 aromatic carbocycles. The molecule has 2 aliphatic rings. The number of ether oxygens (including phenoxy) is 1. The first kappa shape index (κ1) is 16.8. The van der Waals surface area contributed by atoms with E-state index in [0.717, 1.165) is 19.4 Å². The van der Waals surface area contributed by atoms with Gasteiger partial charge in [-0.2, -0.15) is 0 Å². The van der Waals surface area contributed by atoms with Gasteiger partial charge in [-0.3, -0.25) is 4.79 Å². The van der Waals surface area contributed by atoms with Gasteiger partial charge in [-0.25, -0.2) is 4.79 Å². The molecule has 0 radical (unpaired) electrons. The predicted octanol–water partition coefficient (Wildman–Crippen LogP) is 3.04. The van der Waals surface area contributed by atoms with Gasteiger partial charge in [0, 0.05) is 12.6 Å². The molecule has 0 unspecified atom stereocenters. The molecule has 2 atom stereocenters. The Hall–Kier alpha value is -2.04. The zero-order valence-electron chi connectivity index (χ0n) is 14.2. The highest BCUT2D eigenvalue weighted by Gasteiger charge is 2.35. The van der Waals surface area contributed by atoms with E-state index >= 15 is 0 Å². The lowest BCUT2D eigenvalue weighted by atomic mass is 9.78. The Balaban J connectivity index is 1.60. The summed E-state index contributed by atoms with van der Waals surface area (Å²) in [7, 11) is 0. The van der Waals surface area contributed by atoms with Crippen molar-refractivity contribution in [1.82, 2.24) is 4.90 Å². The molecule has 1 saturated heterocycles. The van der Waals surface area contributed by atoms with Crippen molar-refractivity contribution in [2.75, 3.05) is 13.2 Å². The van der Waals surface area contributed by atoms with Crippen molar-refractivity contribution in [2.24, 2.45) is 5.92 Å². The number of amides is 1. The lowest BCUT2D eigenvalue weighted by Crippen LogP contribution is -2.50. The number of aryl methyl sites for hydroxylation is 1.